The van der Waals surface area contributed by atoms with Gasteiger partial charge in [-0.3, -0.25) is 5.32 Å². The van der Waals surface area contributed by atoms with Gasteiger partial charge >= 0.3 is 6.09 Å². The van der Waals surface area contributed by atoms with E-state index in [0.717, 1.165) is 25.0 Å². The Bertz CT molecular complexity index is 760. The quantitative estimate of drug-likeness (QED) is 0.751. The highest BCUT2D eigenvalue weighted by molar-refractivity contribution is 7.14. The minimum atomic E-state index is -0.511. The number of nitrogens with one attached hydrogen (secondary N) is 1. The Labute approximate surface area is 152 Å². The molecule has 1 N–H and O–H groups in total. The summed E-state index contributed by atoms with van der Waals surface area (Å²) < 4.78 is 5.26. The average Bonchev–Trinajstić information content (AvgIpc) is 3.02. The topological polar surface area (TPSA) is 51.2 Å². The molecular formula is C20H24N2O2S. The fraction of sp³-hybridized carbons (Fsp3) is 0.400. The Balaban J connectivity index is 1.61. The molecule has 1 aromatic heterocycles. The number of amides is 1. The zero-order chi connectivity index (χ0) is 17.9. The van der Waals surface area contributed by atoms with Gasteiger partial charge in [0.25, 0.3) is 0 Å². The summed E-state index contributed by atoms with van der Waals surface area (Å²) in [7, 11) is 0. The first-order chi connectivity index (χ1) is 11.9. The predicted octanol–water partition coefficient (Wildman–Crippen LogP) is 5.84. The van der Waals surface area contributed by atoms with Gasteiger partial charge in [0.15, 0.2) is 5.13 Å². The number of anilines is 1. The van der Waals surface area contributed by atoms with E-state index in [0.29, 0.717) is 11.0 Å². The Morgan fingerprint density at radius 2 is 2.04 bits per heavy atom. The molecule has 0 saturated heterocycles. The van der Waals surface area contributed by atoms with Gasteiger partial charge in [0.05, 0.1) is 5.69 Å². The van der Waals surface area contributed by atoms with E-state index >= 15 is 0 Å². The first kappa shape index (κ1) is 17.7. The highest BCUT2D eigenvalue weighted by Gasteiger charge is 2.20. The van der Waals surface area contributed by atoms with Crippen LogP contribution in [0.5, 0.6) is 0 Å². The van der Waals surface area contributed by atoms with Gasteiger partial charge < -0.3 is 4.74 Å². The minimum absolute atomic E-state index is 0.463. The number of carbonyl (C=O) groups is 1. The maximum atomic E-state index is 11.8. The SMILES string of the molecule is CC(C)(C)OC(=O)Nc1nc(C2=CCC(c3ccccc3)CC2)cs1. The number of rotatable bonds is 3. The molecule has 0 fully saturated rings. The molecule has 132 valence electrons. The van der Waals surface area contributed by atoms with Crippen LogP contribution in [0, 0.1) is 0 Å². The van der Waals surface area contributed by atoms with E-state index in [1.54, 1.807) is 0 Å². The second kappa shape index (κ2) is 7.40. The zero-order valence-electron chi connectivity index (χ0n) is 14.9. The van der Waals surface area contributed by atoms with Crippen LogP contribution in [0.15, 0.2) is 41.8 Å². The normalized spacial score (nSPS) is 17.7. The molecule has 5 heteroatoms. The summed E-state index contributed by atoms with van der Waals surface area (Å²) in [5.41, 5.74) is 3.12. The van der Waals surface area contributed by atoms with Crippen molar-refractivity contribution in [3.05, 3.63) is 53.0 Å². The summed E-state index contributed by atoms with van der Waals surface area (Å²) in [5.74, 6) is 0.586. The molecule has 0 radical (unpaired) electrons. The third-order valence-corrected chi connectivity index (χ3v) is 4.88. The molecule has 1 aromatic carbocycles. The van der Waals surface area contributed by atoms with E-state index in [4.69, 9.17) is 4.74 Å². The first-order valence-electron chi connectivity index (χ1n) is 8.60. The number of allylic oxidation sites excluding steroid dienone is 2. The van der Waals surface area contributed by atoms with Gasteiger partial charge in [-0.15, -0.1) is 11.3 Å². The molecule has 1 amide bonds. The Morgan fingerprint density at radius 1 is 1.28 bits per heavy atom. The molecule has 4 nitrogen and oxygen atoms in total. The van der Waals surface area contributed by atoms with Crippen molar-refractivity contribution < 1.29 is 9.53 Å². The van der Waals surface area contributed by atoms with Gasteiger partial charge in [0, 0.05) is 5.38 Å². The van der Waals surface area contributed by atoms with Gasteiger partial charge in [-0.1, -0.05) is 36.4 Å². The summed E-state index contributed by atoms with van der Waals surface area (Å²) in [5, 5.41) is 5.29. The van der Waals surface area contributed by atoms with Crippen molar-refractivity contribution in [2.75, 3.05) is 5.32 Å². The van der Waals surface area contributed by atoms with Gasteiger partial charge in [0.2, 0.25) is 0 Å². The lowest BCUT2D eigenvalue weighted by molar-refractivity contribution is 0.0636. The standard InChI is InChI=1S/C20H24N2O2S/c1-20(2,3)24-19(23)22-18-21-17(13-25-18)16-11-9-15(10-12-16)14-7-5-4-6-8-14/h4-8,11,13,15H,9-10,12H2,1-3H3,(H,21,22,23). The maximum absolute atomic E-state index is 11.8. The van der Waals surface area contributed by atoms with Crippen molar-refractivity contribution in [2.45, 2.75) is 51.6 Å². The van der Waals surface area contributed by atoms with Crippen LogP contribution in [-0.4, -0.2) is 16.7 Å². The number of hydrogen-bond donors (Lipinski definition) is 1. The molecule has 1 atom stereocenters. The molecule has 25 heavy (non-hydrogen) atoms. The molecule has 0 aliphatic heterocycles. The molecule has 0 spiro atoms. The molecule has 3 rings (SSSR count). The lowest BCUT2D eigenvalue weighted by Gasteiger charge is -2.21. The largest absolute Gasteiger partial charge is 0.444 e. The van der Waals surface area contributed by atoms with E-state index in [1.165, 1.54) is 22.5 Å². The third-order valence-electron chi connectivity index (χ3n) is 4.12. The minimum Gasteiger partial charge on any atom is -0.444 e. The van der Waals surface area contributed by atoms with E-state index in [2.05, 4.69) is 46.7 Å². The summed E-state index contributed by atoms with van der Waals surface area (Å²) in [6.07, 6.45) is 4.99. The van der Waals surface area contributed by atoms with Crippen LogP contribution >= 0.6 is 11.3 Å². The second-order valence-electron chi connectivity index (χ2n) is 7.28. The lowest BCUT2D eigenvalue weighted by atomic mass is 9.84. The van der Waals surface area contributed by atoms with Gasteiger partial charge in [0.1, 0.15) is 5.60 Å². The van der Waals surface area contributed by atoms with Crippen molar-refractivity contribution in [3.63, 3.8) is 0 Å². The van der Waals surface area contributed by atoms with Crippen LogP contribution in [0.4, 0.5) is 9.93 Å². The molecule has 0 saturated carbocycles. The van der Waals surface area contributed by atoms with Crippen LogP contribution in [0.1, 0.15) is 57.2 Å². The van der Waals surface area contributed by atoms with Crippen molar-refractivity contribution in [1.82, 2.24) is 4.98 Å². The van der Waals surface area contributed by atoms with Crippen molar-refractivity contribution in [2.24, 2.45) is 0 Å². The number of aromatic nitrogens is 1. The monoisotopic (exact) mass is 356 g/mol. The lowest BCUT2D eigenvalue weighted by Crippen LogP contribution is -2.27. The van der Waals surface area contributed by atoms with Crippen LogP contribution in [0.3, 0.4) is 0 Å². The number of carbonyl (C=O) groups excluding carboxylic acids is 1. The number of ether oxygens (including phenoxy) is 1. The van der Waals surface area contributed by atoms with Gasteiger partial charge in [-0.05, 0) is 57.1 Å². The summed E-state index contributed by atoms with van der Waals surface area (Å²) in [4.78, 5) is 16.4. The Kier molecular flexibility index (Phi) is 5.23. The molecule has 2 aromatic rings. The van der Waals surface area contributed by atoms with E-state index < -0.39 is 11.7 Å². The Hall–Kier alpha value is -2.14. The molecular weight excluding hydrogens is 332 g/mol. The number of benzene rings is 1. The summed E-state index contributed by atoms with van der Waals surface area (Å²) in [6.45, 7) is 5.53. The molecule has 0 bridgehead atoms. The van der Waals surface area contributed by atoms with E-state index in [-0.39, 0.29) is 0 Å². The predicted molar refractivity (Wildman–Crippen MR) is 103 cm³/mol. The number of hydrogen-bond acceptors (Lipinski definition) is 4. The molecule has 1 unspecified atom stereocenters. The van der Waals surface area contributed by atoms with Crippen LogP contribution in [0.25, 0.3) is 5.57 Å². The van der Waals surface area contributed by atoms with Crippen molar-refractivity contribution in [3.8, 4) is 0 Å². The van der Waals surface area contributed by atoms with Crippen LogP contribution < -0.4 is 5.32 Å². The summed E-state index contributed by atoms with van der Waals surface area (Å²) >= 11 is 1.43. The molecule has 1 aliphatic rings. The maximum Gasteiger partial charge on any atom is 0.413 e. The smallest absolute Gasteiger partial charge is 0.413 e. The summed E-state index contributed by atoms with van der Waals surface area (Å²) in [6, 6.07) is 10.7. The molecule has 1 aliphatic carbocycles. The van der Waals surface area contributed by atoms with Gasteiger partial charge in [-0.2, -0.15) is 0 Å². The highest BCUT2D eigenvalue weighted by atomic mass is 32.1. The zero-order valence-corrected chi connectivity index (χ0v) is 15.7. The van der Waals surface area contributed by atoms with Crippen molar-refractivity contribution >= 4 is 28.1 Å². The van der Waals surface area contributed by atoms with E-state index in [9.17, 15) is 4.79 Å². The first-order valence-corrected chi connectivity index (χ1v) is 9.48. The Morgan fingerprint density at radius 3 is 2.68 bits per heavy atom. The fourth-order valence-electron chi connectivity index (χ4n) is 2.96. The van der Waals surface area contributed by atoms with Crippen LogP contribution in [-0.2, 0) is 4.74 Å². The number of thiazole rings is 1. The third kappa shape index (κ3) is 4.92. The highest BCUT2D eigenvalue weighted by Crippen LogP contribution is 2.36. The second-order valence-corrected chi connectivity index (χ2v) is 8.13. The van der Waals surface area contributed by atoms with Crippen LogP contribution in [0.2, 0.25) is 0 Å². The van der Waals surface area contributed by atoms with E-state index in [1.807, 2.05) is 26.2 Å². The number of nitrogens with zero attached hydrogens (tertiary/aromatic N) is 1. The van der Waals surface area contributed by atoms with Crippen molar-refractivity contribution in [1.29, 1.82) is 0 Å². The van der Waals surface area contributed by atoms with Gasteiger partial charge in [-0.25, -0.2) is 9.78 Å². The molecule has 1 heterocycles. The fourth-order valence-corrected chi connectivity index (χ4v) is 3.68. The average molecular weight is 356 g/mol.